The average molecular weight is 506 g/mol. The molecule has 1 saturated carbocycles. The van der Waals surface area contributed by atoms with Gasteiger partial charge in [-0.1, -0.05) is 48.4 Å². The molecule has 0 radical (unpaired) electrons. The number of halogens is 1. The fraction of sp³-hybridized carbons (Fsp3) is 0.400. The number of esters is 1. The van der Waals surface area contributed by atoms with Crippen LogP contribution in [0.15, 0.2) is 71.1 Å². The van der Waals surface area contributed by atoms with E-state index in [-0.39, 0.29) is 23.8 Å². The zero-order valence-corrected chi connectivity index (χ0v) is 21.6. The Bertz CT molecular complexity index is 1220. The second-order valence-corrected chi connectivity index (χ2v) is 10.4. The summed E-state index contributed by atoms with van der Waals surface area (Å²) in [7, 11) is 1.62. The number of hydrogen-bond donors (Lipinski definition) is 1. The lowest BCUT2D eigenvalue weighted by Gasteiger charge is -2.37. The Morgan fingerprint density at radius 2 is 1.72 bits per heavy atom. The van der Waals surface area contributed by atoms with Gasteiger partial charge in [0, 0.05) is 34.0 Å². The van der Waals surface area contributed by atoms with Crippen molar-refractivity contribution in [1.82, 2.24) is 5.32 Å². The van der Waals surface area contributed by atoms with Gasteiger partial charge in [0.05, 0.1) is 18.6 Å². The molecule has 1 heterocycles. The van der Waals surface area contributed by atoms with Crippen LogP contribution in [-0.4, -0.2) is 25.0 Å². The minimum atomic E-state index is -0.535. The van der Waals surface area contributed by atoms with Crippen molar-refractivity contribution in [3.05, 3.63) is 87.2 Å². The number of ketones is 1. The maximum Gasteiger partial charge on any atom is 0.337 e. The highest BCUT2D eigenvalue weighted by Gasteiger charge is 2.42. The molecule has 1 aliphatic heterocycles. The first kappa shape index (κ1) is 24.6. The molecule has 2 aromatic rings. The molecular weight excluding hydrogens is 474 g/mol. The number of para-hydroxylation sites is 1. The van der Waals surface area contributed by atoms with Crippen molar-refractivity contribution in [1.29, 1.82) is 0 Å². The molecule has 36 heavy (non-hydrogen) atoms. The Balaban J connectivity index is 1.55. The van der Waals surface area contributed by atoms with Crippen molar-refractivity contribution >= 4 is 23.4 Å². The van der Waals surface area contributed by atoms with Crippen LogP contribution in [0.1, 0.15) is 74.8 Å². The van der Waals surface area contributed by atoms with Gasteiger partial charge in [0.2, 0.25) is 0 Å². The summed E-state index contributed by atoms with van der Waals surface area (Å²) in [5.41, 5.74) is 4.64. The predicted molar refractivity (Wildman–Crippen MR) is 140 cm³/mol. The number of nitrogens with one attached hydrogen (secondary N) is 1. The number of dihydropyridines is 1. The highest BCUT2D eigenvalue weighted by Crippen LogP contribution is 2.48. The minimum absolute atomic E-state index is 0.0371. The largest absolute Gasteiger partial charge is 0.496 e. The standard InChI is InChI=1S/C30H32ClNO4/c1-18-27(30(34)36-22-8-4-3-5-9-22)28(23-10-6-7-11-26(23)35-2)29-24(32-18)16-20(17-25(29)33)19-12-14-21(31)15-13-19/h6-7,10-15,20,22,28,32H,3-5,8-9,16-17H2,1-2H3. The van der Waals surface area contributed by atoms with E-state index in [0.29, 0.717) is 34.8 Å². The maximum atomic E-state index is 13.8. The third kappa shape index (κ3) is 4.81. The van der Waals surface area contributed by atoms with Gasteiger partial charge in [-0.25, -0.2) is 4.79 Å². The molecule has 2 aliphatic carbocycles. The van der Waals surface area contributed by atoms with Gasteiger partial charge in [0.15, 0.2) is 5.78 Å². The van der Waals surface area contributed by atoms with Gasteiger partial charge in [-0.3, -0.25) is 4.79 Å². The van der Waals surface area contributed by atoms with E-state index in [1.54, 1.807) is 7.11 Å². The Hall–Kier alpha value is -3.05. The summed E-state index contributed by atoms with van der Waals surface area (Å²) in [6.07, 6.45) is 6.08. The van der Waals surface area contributed by atoms with Crippen molar-refractivity contribution in [3.8, 4) is 5.75 Å². The van der Waals surface area contributed by atoms with Gasteiger partial charge < -0.3 is 14.8 Å². The van der Waals surface area contributed by atoms with E-state index >= 15 is 0 Å². The van der Waals surface area contributed by atoms with Crippen LogP contribution in [0.3, 0.4) is 0 Å². The van der Waals surface area contributed by atoms with Crippen LogP contribution in [-0.2, 0) is 14.3 Å². The summed E-state index contributed by atoms with van der Waals surface area (Å²) in [5.74, 6) is -0.147. The SMILES string of the molecule is COc1ccccc1C1C(C(=O)OC2CCCCC2)=C(C)NC2=C1C(=O)CC(c1ccc(Cl)cc1)C2. The molecule has 5 nitrogen and oxygen atoms in total. The second kappa shape index (κ2) is 10.5. The number of rotatable bonds is 5. The third-order valence-corrected chi connectivity index (χ3v) is 7.92. The second-order valence-electron chi connectivity index (χ2n) is 9.98. The van der Waals surface area contributed by atoms with Gasteiger partial charge in [-0.05, 0) is 68.7 Å². The Morgan fingerprint density at radius 1 is 1.00 bits per heavy atom. The van der Waals surface area contributed by atoms with E-state index in [2.05, 4.69) is 5.32 Å². The van der Waals surface area contributed by atoms with Crippen LogP contribution < -0.4 is 10.1 Å². The van der Waals surface area contributed by atoms with Gasteiger partial charge in [0.1, 0.15) is 11.9 Å². The van der Waals surface area contributed by atoms with E-state index in [1.807, 2.05) is 55.5 Å². The first-order valence-corrected chi connectivity index (χ1v) is 13.2. The lowest BCUT2D eigenvalue weighted by molar-refractivity contribution is -0.146. The molecular formula is C30H32ClNO4. The molecule has 0 saturated heterocycles. The number of benzene rings is 2. The molecule has 0 aromatic heterocycles. The number of carbonyl (C=O) groups excluding carboxylic acids is 2. The molecule has 5 rings (SSSR count). The number of Topliss-reactive ketones (excluding diaryl/α,β-unsaturated/α-hetero) is 1. The van der Waals surface area contributed by atoms with Crippen LogP contribution in [0.2, 0.25) is 5.02 Å². The summed E-state index contributed by atoms with van der Waals surface area (Å²) in [6, 6.07) is 15.3. The number of methoxy groups -OCH3 is 1. The van der Waals surface area contributed by atoms with Crippen LogP contribution in [0.4, 0.5) is 0 Å². The van der Waals surface area contributed by atoms with Crippen LogP contribution in [0.5, 0.6) is 5.75 Å². The number of allylic oxidation sites excluding steroid dienone is 3. The number of ether oxygens (including phenoxy) is 2. The summed E-state index contributed by atoms with van der Waals surface area (Å²) in [6.45, 7) is 1.90. The van der Waals surface area contributed by atoms with Crippen molar-refractivity contribution in [2.45, 2.75) is 69.8 Å². The van der Waals surface area contributed by atoms with Crippen LogP contribution in [0.25, 0.3) is 0 Å². The van der Waals surface area contributed by atoms with Crippen molar-refractivity contribution < 1.29 is 19.1 Å². The third-order valence-electron chi connectivity index (χ3n) is 7.66. The normalized spacial score (nSPS) is 22.7. The Morgan fingerprint density at radius 3 is 2.44 bits per heavy atom. The molecule has 2 unspecified atom stereocenters. The lowest BCUT2D eigenvalue weighted by atomic mass is 9.71. The number of carbonyl (C=O) groups is 2. The molecule has 6 heteroatoms. The molecule has 0 bridgehead atoms. The van der Waals surface area contributed by atoms with Gasteiger partial charge in [0.25, 0.3) is 0 Å². The highest BCUT2D eigenvalue weighted by atomic mass is 35.5. The molecule has 3 aliphatic rings. The predicted octanol–water partition coefficient (Wildman–Crippen LogP) is 6.59. The fourth-order valence-corrected chi connectivity index (χ4v) is 6.02. The molecule has 1 N–H and O–H groups in total. The van der Waals surface area contributed by atoms with Gasteiger partial charge in [-0.2, -0.15) is 0 Å². The molecule has 2 atom stereocenters. The van der Waals surface area contributed by atoms with Crippen molar-refractivity contribution in [3.63, 3.8) is 0 Å². The molecule has 0 spiro atoms. The maximum absolute atomic E-state index is 13.8. The summed E-state index contributed by atoms with van der Waals surface area (Å²) in [5, 5.41) is 4.11. The Kier molecular flexibility index (Phi) is 7.20. The lowest BCUT2D eigenvalue weighted by Crippen LogP contribution is -2.37. The molecule has 2 aromatic carbocycles. The van der Waals surface area contributed by atoms with Crippen LogP contribution >= 0.6 is 11.6 Å². The topological polar surface area (TPSA) is 64.6 Å². The zero-order chi connectivity index (χ0) is 25.2. The van der Waals surface area contributed by atoms with E-state index in [9.17, 15) is 9.59 Å². The van der Waals surface area contributed by atoms with Crippen molar-refractivity contribution in [2.24, 2.45) is 0 Å². The molecule has 0 amide bonds. The fourth-order valence-electron chi connectivity index (χ4n) is 5.89. The van der Waals surface area contributed by atoms with Crippen molar-refractivity contribution in [2.75, 3.05) is 7.11 Å². The average Bonchev–Trinajstić information content (AvgIpc) is 2.88. The minimum Gasteiger partial charge on any atom is -0.496 e. The highest BCUT2D eigenvalue weighted by molar-refractivity contribution is 6.30. The summed E-state index contributed by atoms with van der Waals surface area (Å²) >= 11 is 6.09. The quantitative estimate of drug-likeness (QED) is 0.464. The first-order chi connectivity index (χ1) is 17.5. The first-order valence-electron chi connectivity index (χ1n) is 12.8. The Labute approximate surface area is 217 Å². The zero-order valence-electron chi connectivity index (χ0n) is 20.8. The molecule has 1 fully saturated rings. The summed E-state index contributed by atoms with van der Waals surface area (Å²) in [4.78, 5) is 27.4. The number of hydrogen-bond acceptors (Lipinski definition) is 5. The van der Waals surface area contributed by atoms with E-state index in [0.717, 1.165) is 48.2 Å². The van der Waals surface area contributed by atoms with E-state index in [4.69, 9.17) is 21.1 Å². The van der Waals surface area contributed by atoms with Gasteiger partial charge in [-0.15, -0.1) is 0 Å². The van der Waals surface area contributed by atoms with E-state index in [1.165, 1.54) is 6.42 Å². The smallest absolute Gasteiger partial charge is 0.337 e. The monoisotopic (exact) mass is 505 g/mol. The van der Waals surface area contributed by atoms with Gasteiger partial charge >= 0.3 is 5.97 Å². The molecule has 188 valence electrons. The van der Waals surface area contributed by atoms with E-state index < -0.39 is 5.92 Å². The van der Waals surface area contributed by atoms with Crippen LogP contribution in [0, 0.1) is 0 Å². The summed E-state index contributed by atoms with van der Waals surface area (Å²) < 4.78 is 11.7.